The van der Waals surface area contributed by atoms with E-state index >= 15 is 0 Å². The van der Waals surface area contributed by atoms with Crippen LogP contribution in [-0.4, -0.2) is 21.0 Å². The van der Waals surface area contributed by atoms with Gasteiger partial charge in [0.1, 0.15) is 6.33 Å². The van der Waals surface area contributed by atoms with Crippen LogP contribution in [0.5, 0.6) is 0 Å². The molecule has 0 atom stereocenters. The second-order valence-electron chi connectivity index (χ2n) is 2.25. The number of nitrogens with one attached hydrogen (secondary N) is 1. The Morgan fingerprint density at radius 2 is 2.50 bits per heavy atom. The van der Waals surface area contributed by atoms with Crippen molar-refractivity contribution >= 4 is 17.7 Å². The third-order valence-corrected chi connectivity index (χ3v) is 1.54. The Bertz CT molecular complexity index is 408. The second-order valence-corrected chi connectivity index (χ2v) is 2.25. The van der Waals surface area contributed by atoms with Gasteiger partial charge >= 0.3 is 0 Å². The van der Waals surface area contributed by atoms with Gasteiger partial charge in [0, 0.05) is 6.20 Å². The Balaban J connectivity index is 2.65. The SMILES string of the molecule is O=CNc1cccn2cnnc12. The highest BCUT2D eigenvalue weighted by Crippen LogP contribution is 2.11. The molecule has 1 amide bonds. The van der Waals surface area contributed by atoms with Crippen LogP contribution in [0.3, 0.4) is 0 Å². The minimum Gasteiger partial charge on any atom is -0.326 e. The number of carbonyl (C=O) groups is 1. The highest BCUT2D eigenvalue weighted by atomic mass is 16.1. The Morgan fingerprint density at radius 1 is 1.58 bits per heavy atom. The first-order valence-electron chi connectivity index (χ1n) is 3.40. The minimum absolute atomic E-state index is 0.615. The fourth-order valence-electron chi connectivity index (χ4n) is 1.03. The van der Waals surface area contributed by atoms with Gasteiger partial charge in [0.2, 0.25) is 6.41 Å². The Kier molecular flexibility index (Phi) is 1.48. The van der Waals surface area contributed by atoms with Crippen LogP contribution < -0.4 is 5.32 Å². The van der Waals surface area contributed by atoms with Gasteiger partial charge < -0.3 is 5.32 Å². The summed E-state index contributed by atoms with van der Waals surface area (Å²) in [6, 6.07) is 3.57. The minimum atomic E-state index is 0.615. The molecule has 0 unspecified atom stereocenters. The monoisotopic (exact) mass is 162 g/mol. The van der Waals surface area contributed by atoms with Gasteiger partial charge in [0.15, 0.2) is 5.65 Å². The average Bonchev–Trinajstić information content (AvgIpc) is 2.53. The van der Waals surface area contributed by atoms with E-state index in [1.165, 1.54) is 0 Å². The first kappa shape index (κ1) is 6.78. The van der Waals surface area contributed by atoms with Gasteiger partial charge in [0.25, 0.3) is 0 Å². The van der Waals surface area contributed by atoms with E-state index in [0.717, 1.165) is 0 Å². The number of fused-ring (bicyclic) bond motifs is 1. The quantitative estimate of drug-likeness (QED) is 0.646. The van der Waals surface area contributed by atoms with Crippen LogP contribution in [0.15, 0.2) is 24.7 Å². The normalized spacial score (nSPS) is 10.0. The van der Waals surface area contributed by atoms with Crippen molar-refractivity contribution in [3.05, 3.63) is 24.7 Å². The van der Waals surface area contributed by atoms with Crippen molar-refractivity contribution in [3.63, 3.8) is 0 Å². The number of hydrogen-bond donors (Lipinski definition) is 1. The first-order chi connectivity index (χ1) is 5.92. The van der Waals surface area contributed by atoms with Crippen molar-refractivity contribution < 1.29 is 4.79 Å². The van der Waals surface area contributed by atoms with Crippen LogP contribution in [-0.2, 0) is 4.79 Å². The number of carbonyl (C=O) groups excluding carboxylic acids is 1. The van der Waals surface area contributed by atoms with Crippen LogP contribution in [0, 0.1) is 0 Å². The first-order valence-corrected chi connectivity index (χ1v) is 3.40. The molecule has 0 bridgehead atoms. The Hall–Kier alpha value is -1.91. The van der Waals surface area contributed by atoms with Crippen LogP contribution in [0.1, 0.15) is 0 Å². The Morgan fingerprint density at radius 3 is 3.33 bits per heavy atom. The summed E-state index contributed by atoms with van der Waals surface area (Å²) in [7, 11) is 0. The van der Waals surface area contributed by atoms with E-state index in [-0.39, 0.29) is 0 Å². The van der Waals surface area contributed by atoms with E-state index in [0.29, 0.717) is 17.7 Å². The van der Waals surface area contributed by atoms with Crippen LogP contribution >= 0.6 is 0 Å². The largest absolute Gasteiger partial charge is 0.326 e. The molecular formula is C7H6N4O. The third-order valence-electron chi connectivity index (χ3n) is 1.54. The zero-order valence-electron chi connectivity index (χ0n) is 6.14. The summed E-state index contributed by atoms with van der Waals surface area (Å²) < 4.78 is 1.73. The van der Waals surface area contributed by atoms with Crippen LogP contribution in [0.4, 0.5) is 5.69 Å². The molecule has 2 aromatic heterocycles. The lowest BCUT2D eigenvalue weighted by molar-refractivity contribution is -0.105. The lowest BCUT2D eigenvalue weighted by Gasteiger charge is -1.98. The number of anilines is 1. The van der Waals surface area contributed by atoms with E-state index in [1.807, 2.05) is 12.3 Å². The molecule has 2 heterocycles. The molecule has 0 aliphatic carbocycles. The zero-order valence-corrected chi connectivity index (χ0v) is 6.14. The van der Waals surface area contributed by atoms with E-state index in [1.54, 1.807) is 16.8 Å². The molecule has 1 N–H and O–H groups in total. The maximum absolute atomic E-state index is 10.2. The fraction of sp³-hybridized carbons (Fsp3) is 0. The average molecular weight is 162 g/mol. The topological polar surface area (TPSA) is 59.3 Å². The molecule has 0 aromatic carbocycles. The molecule has 60 valence electrons. The predicted molar refractivity (Wildman–Crippen MR) is 42.7 cm³/mol. The number of aromatic nitrogens is 3. The summed E-state index contributed by atoms with van der Waals surface area (Å²) in [5, 5.41) is 10.1. The summed E-state index contributed by atoms with van der Waals surface area (Å²) in [5.74, 6) is 0. The Labute approximate surface area is 68.0 Å². The molecule has 0 fully saturated rings. The smallest absolute Gasteiger partial charge is 0.211 e. The van der Waals surface area contributed by atoms with Gasteiger partial charge in [-0.1, -0.05) is 0 Å². The summed E-state index contributed by atoms with van der Waals surface area (Å²) in [4.78, 5) is 10.2. The lowest BCUT2D eigenvalue weighted by atomic mass is 10.4. The number of pyridine rings is 1. The van der Waals surface area contributed by atoms with Crippen molar-refractivity contribution in [2.45, 2.75) is 0 Å². The van der Waals surface area contributed by atoms with Gasteiger partial charge in [-0.2, -0.15) is 0 Å². The summed E-state index contributed by atoms with van der Waals surface area (Å²) in [6.45, 7) is 0. The van der Waals surface area contributed by atoms with Crippen molar-refractivity contribution in [2.24, 2.45) is 0 Å². The molecule has 5 heteroatoms. The molecule has 0 saturated heterocycles. The third kappa shape index (κ3) is 0.914. The van der Waals surface area contributed by atoms with Gasteiger partial charge in [-0.25, -0.2) is 0 Å². The van der Waals surface area contributed by atoms with Crippen molar-refractivity contribution in [1.82, 2.24) is 14.6 Å². The second kappa shape index (κ2) is 2.61. The highest BCUT2D eigenvalue weighted by Gasteiger charge is 1.99. The van der Waals surface area contributed by atoms with Crippen LogP contribution in [0.2, 0.25) is 0 Å². The molecule has 0 saturated carbocycles. The predicted octanol–water partition coefficient (Wildman–Crippen LogP) is 0.298. The summed E-state index contributed by atoms with van der Waals surface area (Å²) in [5.41, 5.74) is 1.30. The molecule has 0 aliphatic heterocycles. The van der Waals surface area contributed by atoms with Crippen molar-refractivity contribution in [1.29, 1.82) is 0 Å². The zero-order chi connectivity index (χ0) is 8.39. The molecule has 0 radical (unpaired) electrons. The van der Waals surface area contributed by atoms with Crippen molar-refractivity contribution in [3.8, 4) is 0 Å². The van der Waals surface area contributed by atoms with E-state index in [9.17, 15) is 4.79 Å². The number of rotatable bonds is 2. The maximum atomic E-state index is 10.2. The standard InChI is InChI=1S/C7H6N4O/c12-5-8-6-2-1-3-11-4-9-10-7(6)11/h1-5H,(H,8,12). The van der Waals surface area contributed by atoms with Gasteiger partial charge in [-0.3, -0.25) is 9.20 Å². The molecule has 0 aliphatic rings. The van der Waals surface area contributed by atoms with Gasteiger partial charge in [-0.15, -0.1) is 10.2 Å². The number of nitrogens with zero attached hydrogens (tertiary/aromatic N) is 3. The molecular weight excluding hydrogens is 156 g/mol. The summed E-state index contributed by atoms with van der Waals surface area (Å²) in [6.07, 6.45) is 4.00. The molecule has 5 nitrogen and oxygen atoms in total. The molecule has 0 spiro atoms. The van der Waals surface area contributed by atoms with E-state index < -0.39 is 0 Å². The van der Waals surface area contributed by atoms with E-state index in [2.05, 4.69) is 15.5 Å². The molecule has 2 rings (SSSR count). The highest BCUT2D eigenvalue weighted by molar-refractivity contribution is 5.80. The van der Waals surface area contributed by atoms with E-state index in [4.69, 9.17) is 0 Å². The lowest BCUT2D eigenvalue weighted by Crippen LogP contribution is -1.96. The number of hydrogen-bond acceptors (Lipinski definition) is 3. The fourth-order valence-corrected chi connectivity index (χ4v) is 1.03. The van der Waals surface area contributed by atoms with Crippen LogP contribution in [0.25, 0.3) is 5.65 Å². The van der Waals surface area contributed by atoms with Crippen molar-refractivity contribution in [2.75, 3.05) is 5.32 Å². The molecule has 12 heavy (non-hydrogen) atoms. The van der Waals surface area contributed by atoms with Gasteiger partial charge in [0.05, 0.1) is 5.69 Å². The maximum Gasteiger partial charge on any atom is 0.211 e. The number of amides is 1. The molecule has 2 aromatic rings. The van der Waals surface area contributed by atoms with Gasteiger partial charge in [-0.05, 0) is 12.1 Å². The summed E-state index contributed by atoms with van der Waals surface area (Å²) >= 11 is 0.